The van der Waals surface area contributed by atoms with Gasteiger partial charge in [-0.3, -0.25) is 0 Å². The lowest BCUT2D eigenvalue weighted by Crippen LogP contribution is -2.35. The van der Waals surface area contributed by atoms with Gasteiger partial charge in [0, 0.05) is 12.6 Å². The summed E-state index contributed by atoms with van der Waals surface area (Å²) in [6.45, 7) is 6.88. The Morgan fingerprint density at radius 3 is 1.85 bits per heavy atom. The van der Waals surface area contributed by atoms with Crippen molar-refractivity contribution in [3.63, 3.8) is 0 Å². The molecule has 1 nitrogen and oxygen atoms in total. The van der Waals surface area contributed by atoms with Crippen molar-refractivity contribution in [2.75, 3.05) is 13.1 Å². The predicted octanol–water partition coefficient (Wildman–Crippen LogP) is 8.59. The first-order valence-electron chi connectivity index (χ1n) is 13.2. The molecule has 0 spiro atoms. The van der Waals surface area contributed by atoms with Crippen LogP contribution in [0, 0.1) is 0 Å². The fourth-order valence-corrected chi connectivity index (χ4v) is 7.14. The zero-order chi connectivity index (χ0) is 23.3. The quantitative estimate of drug-likeness (QED) is 0.304. The maximum Gasteiger partial charge on any atom is 0.0697 e. The maximum atomic E-state index is 7.29. The molecule has 33 heavy (non-hydrogen) atoms. The van der Waals surface area contributed by atoms with E-state index < -0.39 is 0 Å². The lowest BCUT2D eigenvalue weighted by Gasteiger charge is -2.33. The van der Waals surface area contributed by atoms with Crippen molar-refractivity contribution in [2.45, 2.75) is 100 Å². The minimum Gasteiger partial charge on any atom is -0.301 e. The van der Waals surface area contributed by atoms with Crippen LogP contribution in [0.25, 0.3) is 0 Å². The van der Waals surface area contributed by atoms with Gasteiger partial charge in [0.05, 0.1) is 9.75 Å². The molecule has 0 N–H and O–H groups in total. The van der Waals surface area contributed by atoms with Crippen molar-refractivity contribution < 1.29 is 0 Å². The molecule has 4 rings (SSSR count). The van der Waals surface area contributed by atoms with E-state index in [4.69, 9.17) is 23.2 Å². The van der Waals surface area contributed by atoms with Gasteiger partial charge in [-0.05, 0) is 80.7 Å². The summed E-state index contributed by atoms with van der Waals surface area (Å²) in [6, 6.07) is 18.2. The van der Waals surface area contributed by atoms with Gasteiger partial charge in [-0.15, -0.1) is 23.2 Å². The van der Waals surface area contributed by atoms with Crippen LogP contribution in [-0.2, 0) is 22.6 Å². The van der Waals surface area contributed by atoms with Gasteiger partial charge in [0.1, 0.15) is 0 Å². The number of hydrogen-bond acceptors (Lipinski definition) is 1. The van der Waals surface area contributed by atoms with Crippen molar-refractivity contribution in [1.82, 2.24) is 4.90 Å². The van der Waals surface area contributed by atoms with E-state index in [0.29, 0.717) is 6.04 Å². The Labute approximate surface area is 211 Å². The van der Waals surface area contributed by atoms with Crippen LogP contribution >= 0.6 is 23.2 Å². The molecule has 180 valence electrons. The van der Waals surface area contributed by atoms with E-state index in [1.165, 1.54) is 47.9 Å². The molecule has 2 aromatic rings. The summed E-state index contributed by atoms with van der Waals surface area (Å²) in [5.74, 6) is 0. The summed E-state index contributed by atoms with van der Waals surface area (Å²) in [4.78, 5) is 2.24. The summed E-state index contributed by atoms with van der Waals surface area (Å²) in [7, 11) is 0. The third kappa shape index (κ3) is 5.80. The highest BCUT2D eigenvalue weighted by Gasteiger charge is 2.40. The normalized spacial score (nSPS) is 20.4. The summed E-state index contributed by atoms with van der Waals surface area (Å²) in [5, 5.41) is 0. The van der Waals surface area contributed by atoms with Crippen LogP contribution in [0.3, 0.4) is 0 Å². The molecule has 1 atom stereocenters. The first-order chi connectivity index (χ1) is 16.0. The van der Waals surface area contributed by atoms with Crippen molar-refractivity contribution >= 4 is 23.2 Å². The molecular weight excluding hydrogens is 445 g/mol. The van der Waals surface area contributed by atoms with Crippen LogP contribution in [0.2, 0.25) is 0 Å². The Hall–Kier alpha value is -1.02. The monoisotopic (exact) mass is 485 g/mol. The Bertz CT molecular complexity index is 841. The van der Waals surface area contributed by atoms with Crippen LogP contribution in [0.4, 0.5) is 0 Å². The fourth-order valence-electron chi connectivity index (χ4n) is 6.25. The van der Waals surface area contributed by atoms with Crippen LogP contribution < -0.4 is 0 Å². The minimum absolute atomic E-state index is 0.196. The Balaban J connectivity index is 1.53. The molecule has 0 aliphatic heterocycles. The molecule has 2 fully saturated rings. The first-order valence-corrected chi connectivity index (χ1v) is 14.0. The van der Waals surface area contributed by atoms with Gasteiger partial charge in [0.2, 0.25) is 0 Å². The van der Waals surface area contributed by atoms with E-state index in [0.717, 1.165) is 58.0 Å². The highest BCUT2D eigenvalue weighted by molar-refractivity contribution is 6.25. The maximum absolute atomic E-state index is 7.29. The molecule has 2 aromatic carbocycles. The highest BCUT2D eigenvalue weighted by atomic mass is 35.5. The van der Waals surface area contributed by atoms with E-state index in [-0.39, 0.29) is 9.75 Å². The molecule has 0 saturated heterocycles. The second-order valence-corrected chi connectivity index (χ2v) is 11.9. The number of halogens is 2. The molecule has 2 aliphatic carbocycles. The van der Waals surface area contributed by atoms with Gasteiger partial charge in [-0.25, -0.2) is 0 Å². The second kappa shape index (κ2) is 11.1. The van der Waals surface area contributed by atoms with Gasteiger partial charge in [0.25, 0.3) is 0 Å². The highest BCUT2D eigenvalue weighted by Crippen LogP contribution is 2.51. The van der Waals surface area contributed by atoms with Crippen molar-refractivity contribution in [1.29, 1.82) is 0 Å². The molecule has 1 unspecified atom stereocenters. The molecule has 0 heterocycles. The average molecular weight is 487 g/mol. The standard InChI is InChI=1S/C30H41Cl2N/c1-3-33(23-18-25-12-5-4-6-13-25)24(2)16-17-26-27(29(31)19-7-8-20-29)14-11-15-28(26)30(32)21-9-10-22-30/h4-6,11-15,24H,3,7-10,16-23H2,1-2H3. The molecule has 0 bridgehead atoms. The molecule has 0 amide bonds. The first kappa shape index (κ1) is 25.1. The molecule has 2 saturated carbocycles. The summed E-state index contributed by atoms with van der Waals surface area (Å²) >= 11 is 14.6. The number of nitrogens with zero attached hydrogens (tertiary/aromatic N) is 1. The van der Waals surface area contributed by atoms with E-state index >= 15 is 0 Å². The van der Waals surface area contributed by atoms with Crippen molar-refractivity contribution in [2.24, 2.45) is 0 Å². The zero-order valence-corrected chi connectivity index (χ0v) is 22.1. The van der Waals surface area contributed by atoms with Crippen molar-refractivity contribution in [3.8, 4) is 0 Å². The van der Waals surface area contributed by atoms with Crippen LogP contribution in [0.15, 0.2) is 48.5 Å². The number of likely N-dealkylation sites (N-methyl/N-ethyl adjacent to an activating group) is 1. The van der Waals surface area contributed by atoms with Gasteiger partial charge in [-0.1, -0.05) is 81.1 Å². The largest absolute Gasteiger partial charge is 0.301 e. The lowest BCUT2D eigenvalue weighted by atomic mass is 9.82. The number of benzene rings is 2. The molecule has 2 aliphatic rings. The lowest BCUT2D eigenvalue weighted by molar-refractivity contribution is 0.212. The number of hydrogen-bond donors (Lipinski definition) is 0. The second-order valence-electron chi connectivity index (χ2n) is 10.4. The van der Waals surface area contributed by atoms with Gasteiger partial charge in [-0.2, -0.15) is 0 Å². The SMILES string of the molecule is CCN(CCc1ccccc1)C(C)CCc1c(C2(Cl)CCCC2)cccc1C1(Cl)CCCC1. The van der Waals surface area contributed by atoms with Gasteiger partial charge in [0.15, 0.2) is 0 Å². The average Bonchev–Trinajstić information content (AvgIpc) is 3.48. The molecule has 3 heteroatoms. The van der Waals surface area contributed by atoms with E-state index in [9.17, 15) is 0 Å². The summed E-state index contributed by atoms with van der Waals surface area (Å²) < 4.78 is 0. The summed E-state index contributed by atoms with van der Waals surface area (Å²) in [6.07, 6.45) is 12.6. The minimum atomic E-state index is -0.196. The zero-order valence-electron chi connectivity index (χ0n) is 20.6. The van der Waals surface area contributed by atoms with Crippen LogP contribution in [0.5, 0.6) is 0 Å². The van der Waals surface area contributed by atoms with E-state index in [1.54, 1.807) is 0 Å². The van der Waals surface area contributed by atoms with E-state index in [2.05, 4.69) is 67.3 Å². The van der Waals surface area contributed by atoms with E-state index in [1.807, 2.05) is 0 Å². The molecule has 0 aromatic heterocycles. The third-order valence-electron chi connectivity index (χ3n) is 8.31. The van der Waals surface area contributed by atoms with Crippen LogP contribution in [-0.4, -0.2) is 24.0 Å². The van der Waals surface area contributed by atoms with Gasteiger partial charge < -0.3 is 4.90 Å². The Kier molecular flexibility index (Phi) is 8.47. The summed E-state index contributed by atoms with van der Waals surface area (Å²) in [5.41, 5.74) is 5.65. The third-order valence-corrected chi connectivity index (χ3v) is 9.47. The van der Waals surface area contributed by atoms with Gasteiger partial charge >= 0.3 is 0 Å². The molecular formula is C30H41Cl2N. The van der Waals surface area contributed by atoms with Crippen LogP contribution in [0.1, 0.15) is 93.9 Å². The molecule has 0 radical (unpaired) electrons. The number of rotatable bonds is 10. The fraction of sp³-hybridized carbons (Fsp3) is 0.600. The smallest absolute Gasteiger partial charge is 0.0697 e. The predicted molar refractivity (Wildman–Crippen MR) is 144 cm³/mol. The van der Waals surface area contributed by atoms with Crippen molar-refractivity contribution in [3.05, 3.63) is 70.8 Å². The Morgan fingerprint density at radius 1 is 0.788 bits per heavy atom. The number of alkyl halides is 2. The Morgan fingerprint density at radius 2 is 1.33 bits per heavy atom. The topological polar surface area (TPSA) is 3.24 Å².